The summed E-state index contributed by atoms with van der Waals surface area (Å²) in [6, 6.07) is 0. The second-order valence-electron chi connectivity index (χ2n) is 5.33. The Hall–Kier alpha value is -1.06. The number of aliphatic carboxylic acids is 1. The fraction of sp³-hybridized carbons (Fsp3) is 0.833. The van der Waals surface area contributed by atoms with Crippen molar-refractivity contribution < 1.29 is 14.7 Å². The van der Waals surface area contributed by atoms with Gasteiger partial charge in [-0.1, -0.05) is 13.8 Å². The van der Waals surface area contributed by atoms with Crippen LogP contribution >= 0.6 is 0 Å². The largest absolute Gasteiger partial charge is 0.481 e. The van der Waals surface area contributed by atoms with Gasteiger partial charge in [0.05, 0.1) is 0 Å². The fourth-order valence-corrected chi connectivity index (χ4v) is 2.19. The highest BCUT2D eigenvalue weighted by atomic mass is 16.4. The van der Waals surface area contributed by atoms with Gasteiger partial charge in [-0.05, 0) is 24.7 Å². The lowest BCUT2D eigenvalue weighted by Crippen LogP contribution is -2.43. The summed E-state index contributed by atoms with van der Waals surface area (Å²) in [5.74, 6) is -0.721. The first kappa shape index (κ1) is 13.0. The van der Waals surface area contributed by atoms with Gasteiger partial charge in [0.15, 0.2) is 0 Å². The van der Waals surface area contributed by atoms with E-state index in [1.807, 2.05) is 4.90 Å². The number of amides is 1. The number of carboxylic acid groups (broad SMARTS) is 1. The first-order chi connectivity index (χ1) is 7.41. The van der Waals surface area contributed by atoms with Crippen LogP contribution < -0.4 is 0 Å². The molecule has 0 spiro atoms. The van der Waals surface area contributed by atoms with Gasteiger partial charge in [0, 0.05) is 25.9 Å². The van der Waals surface area contributed by atoms with Crippen molar-refractivity contribution >= 4 is 11.9 Å². The molecule has 1 rings (SSSR count). The molecule has 0 aromatic heterocycles. The molecule has 0 aromatic carbocycles. The van der Waals surface area contributed by atoms with Crippen LogP contribution in [0.2, 0.25) is 0 Å². The maximum Gasteiger partial charge on any atom is 0.303 e. The molecule has 0 aromatic rings. The lowest BCUT2D eigenvalue weighted by atomic mass is 9.84. The highest BCUT2D eigenvalue weighted by Crippen LogP contribution is 2.28. The minimum atomic E-state index is -0.827. The molecule has 0 unspecified atom stereocenters. The van der Waals surface area contributed by atoms with Crippen LogP contribution in [0.25, 0.3) is 0 Å². The lowest BCUT2D eigenvalue weighted by molar-refractivity contribution is -0.137. The van der Waals surface area contributed by atoms with Crippen molar-refractivity contribution in [3.05, 3.63) is 0 Å². The summed E-state index contributed by atoms with van der Waals surface area (Å²) in [5.41, 5.74) is 0.209. The summed E-state index contributed by atoms with van der Waals surface area (Å²) >= 11 is 0. The quantitative estimate of drug-likeness (QED) is 0.798. The summed E-state index contributed by atoms with van der Waals surface area (Å²) in [6.45, 7) is 5.97. The maximum atomic E-state index is 11.8. The summed E-state index contributed by atoms with van der Waals surface area (Å²) in [6.07, 6.45) is 3.11. The Labute approximate surface area is 96.6 Å². The molecule has 1 N–H and O–H groups in total. The van der Waals surface area contributed by atoms with Gasteiger partial charge in [-0.3, -0.25) is 9.59 Å². The van der Waals surface area contributed by atoms with Gasteiger partial charge in [-0.15, -0.1) is 0 Å². The minimum absolute atomic E-state index is 0.0863. The van der Waals surface area contributed by atoms with E-state index in [1.165, 1.54) is 0 Å². The molecule has 1 fully saturated rings. The summed E-state index contributed by atoms with van der Waals surface area (Å²) in [5, 5.41) is 8.49. The van der Waals surface area contributed by atoms with Crippen LogP contribution in [0.4, 0.5) is 0 Å². The monoisotopic (exact) mass is 227 g/mol. The van der Waals surface area contributed by atoms with Gasteiger partial charge in [0.1, 0.15) is 0 Å². The Balaban J connectivity index is 2.33. The molecule has 1 aliphatic heterocycles. The molecular weight excluding hydrogens is 206 g/mol. The number of nitrogens with zero attached hydrogens (tertiary/aromatic N) is 1. The first-order valence-corrected chi connectivity index (χ1v) is 5.90. The molecule has 4 nitrogen and oxygen atoms in total. The Morgan fingerprint density at radius 1 is 1.31 bits per heavy atom. The maximum absolute atomic E-state index is 11.8. The average molecular weight is 227 g/mol. The molecular formula is C12H21NO3. The zero-order valence-electron chi connectivity index (χ0n) is 10.2. The van der Waals surface area contributed by atoms with Crippen LogP contribution in [-0.2, 0) is 9.59 Å². The van der Waals surface area contributed by atoms with E-state index in [2.05, 4.69) is 13.8 Å². The zero-order chi connectivity index (χ0) is 12.2. The summed E-state index contributed by atoms with van der Waals surface area (Å²) in [4.78, 5) is 24.0. The van der Waals surface area contributed by atoms with Crippen molar-refractivity contribution in [1.29, 1.82) is 0 Å². The van der Waals surface area contributed by atoms with Gasteiger partial charge in [-0.25, -0.2) is 0 Å². The van der Waals surface area contributed by atoms with Crippen LogP contribution in [0.3, 0.4) is 0 Å². The first-order valence-electron chi connectivity index (χ1n) is 5.90. The van der Waals surface area contributed by atoms with E-state index in [0.29, 0.717) is 12.8 Å². The number of hydrogen-bond acceptors (Lipinski definition) is 2. The molecule has 1 aliphatic rings. The number of carbonyl (C=O) groups excluding carboxylic acids is 1. The number of hydrogen-bond donors (Lipinski definition) is 1. The van der Waals surface area contributed by atoms with Crippen molar-refractivity contribution in [2.45, 2.75) is 46.0 Å². The molecule has 0 saturated carbocycles. The molecule has 92 valence electrons. The summed E-state index contributed by atoms with van der Waals surface area (Å²) in [7, 11) is 0. The van der Waals surface area contributed by atoms with Gasteiger partial charge in [0.2, 0.25) is 5.91 Å². The predicted octanol–water partition coefficient (Wildman–Crippen LogP) is 1.89. The fourth-order valence-electron chi connectivity index (χ4n) is 2.19. The van der Waals surface area contributed by atoms with E-state index in [4.69, 9.17) is 5.11 Å². The minimum Gasteiger partial charge on any atom is -0.481 e. The number of likely N-dealkylation sites (tertiary alicyclic amines) is 1. The molecule has 0 aliphatic carbocycles. The molecule has 0 bridgehead atoms. The van der Waals surface area contributed by atoms with E-state index >= 15 is 0 Å². The highest BCUT2D eigenvalue weighted by Gasteiger charge is 2.28. The second-order valence-corrected chi connectivity index (χ2v) is 5.33. The number of piperidine rings is 1. The van der Waals surface area contributed by atoms with Crippen LogP contribution in [0.15, 0.2) is 0 Å². The smallest absolute Gasteiger partial charge is 0.303 e. The summed E-state index contributed by atoms with van der Waals surface area (Å²) < 4.78 is 0. The highest BCUT2D eigenvalue weighted by molar-refractivity contribution is 5.77. The van der Waals surface area contributed by atoms with Gasteiger partial charge in [0.25, 0.3) is 0 Å². The van der Waals surface area contributed by atoms with Crippen molar-refractivity contribution in [2.24, 2.45) is 5.41 Å². The Kier molecular flexibility index (Phi) is 4.33. The molecule has 0 atom stereocenters. The van der Waals surface area contributed by atoms with Crippen molar-refractivity contribution in [2.75, 3.05) is 13.1 Å². The van der Waals surface area contributed by atoms with Gasteiger partial charge >= 0.3 is 5.97 Å². The van der Waals surface area contributed by atoms with Crippen LogP contribution in [0, 0.1) is 5.41 Å². The number of rotatable bonds is 4. The standard InChI is InChI=1S/C12H21NO3/c1-12(2)7-4-8-13(9-12)10(14)5-3-6-11(15)16/h3-9H2,1-2H3,(H,15,16). The Morgan fingerprint density at radius 2 is 2.00 bits per heavy atom. The van der Waals surface area contributed by atoms with Crippen LogP contribution in [0.1, 0.15) is 46.0 Å². The van der Waals surface area contributed by atoms with E-state index in [-0.39, 0.29) is 17.7 Å². The number of carboxylic acids is 1. The third-order valence-electron chi connectivity index (χ3n) is 3.03. The zero-order valence-corrected chi connectivity index (χ0v) is 10.2. The molecule has 1 amide bonds. The van der Waals surface area contributed by atoms with Gasteiger partial charge in [-0.2, -0.15) is 0 Å². The molecule has 1 heterocycles. The van der Waals surface area contributed by atoms with E-state index in [0.717, 1.165) is 25.9 Å². The van der Waals surface area contributed by atoms with Crippen molar-refractivity contribution in [3.8, 4) is 0 Å². The second kappa shape index (κ2) is 5.32. The van der Waals surface area contributed by atoms with E-state index in [9.17, 15) is 9.59 Å². The topological polar surface area (TPSA) is 57.6 Å². The SMILES string of the molecule is CC1(C)CCCN(C(=O)CCCC(=O)O)C1. The Morgan fingerprint density at radius 3 is 2.56 bits per heavy atom. The predicted molar refractivity (Wildman–Crippen MR) is 61.1 cm³/mol. The van der Waals surface area contributed by atoms with E-state index in [1.54, 1.807) is 0 Å². The molecule has 4 heteroatoms. The third kappa shape index (κ3) is 4.21. The van der Waals surface area contributed by atoms with Gasteiger partial charge < -0.3 is 10.0 Å². The van der Waals surface area contributed by atoms with Crippen molar-refractivity contribution in [1.82, 2.24) is 4.90 Å². The molecule has 16 heavy (non-hydrogen) atoms. The Bertz CT molecular complexity index is 273. The number of carbonyl (C=O) groups is 2. The third-order valence-corrected chi connectivity index (χ3v) is 3.03. The average Bonchev–Trinajstić information content (AvgIpc) is 2.15. The normalized spacial score (nSPS) is 19.5. The van der Waals surface area contributed by atoms with Crippen LogP contribution in [-0.4, -0.2) is 35.0 Å². The molecule has 1 saturated heterocycles. The van der Waals surface area contributed by atoms with Crippen LogP contribution in [0.5, 0.6) is 0 Å². The lowest BCUT2D eigenvalue weighted by Gasteiger charge is -2.38. The van der Waals surface area contributed by atoms with Crippen molar-refractivity contribution in [3.63, 3.8) is 0 Å². The van der Waals surface area contributed by atoms with E-state index < -0.39 is 5.97 Å². The molecule has 0 radical (unpaired) electrons.